The number of ether oxygens (including phenoxy) is 1. The van der Waals surface area contributed by atoms with Gasteiger partial charge in [0.05, 0.1) is 6.61 Å². The first-order chi connectivity index (χ1) is 9.24. The average molecular weight is 263 g/mol. The van der Waals surface area contributed by atoms with E-state index >= 15 is 0 Å². The fraction of sp³-hybridized carbons (Fsp3) is 0.562. The van der Waals surface area contributed by atoms with Gasteiger partial charge in [-0.25, -0.2) is 0 Å². The molecule has 0 radical (unpaired) electrons. The molecule has 3 nitrogen and oxygen atoms in total. The molecule has 1 aromatic rings. The van der Waals surface area contributed by atoms with Crippen molar-refractivity contribution in [2.75, 3.05) is 13.2 Å². The molecule has 1 aromatic carbocycles. The van der Waals surface area contributed by atoms with E-state index in [2.05, 4.69) is 43.4 Å². The average Bonchev–Trinajstić information content (AvgIpc) is 2.42. The van der Waals surface area contributed by atoms with Gasteiger partial charge < -0.3 is 10.1 Å². The highest BCUT2D eigenvalue weighted by Gasteiger charge is 2.01. The molecular formula is C16H25NO2. The summed E-state index contributed by atoms with van der Waals surface area (Å²) in [4.78, 5) is 11.3. The number of nitrogens with one attached hydrogen (secondary N) is 1. The number of hydrogen-bond donors (Lipinski definition) is 1. The van der Waals surface area contributed by atoms with E-state index in [1.54, 1.807) is 0 Å². The van der Waals surface area contributed by atoms with E-state index in [-0.39, 0.29) is 5.97 Å². The van der Waals surface area contributed by atoms with Crippen LogP contribution in [0.3, 0.4) is 0 Å². The van der Waals surface area contributed by atoms with Crippen molar-refractivity contribution in [1.82, 2.24) is 5.32 Å². The van der Waals surface area contributed by atoms with Crippen molar-refractivity contribution < 1.29 is 9.53 Å². The van der Waals surface area contributed by atoms with Gasteiger partial charge in [0, 0.05) is 13.0 Å². The molecule has 0 aliphatic heterocycles. The van der Waals surface area contributed by atoms with Crippen LogP contribution in [0, 0.1) is 6.92 Å². The summed E-state index contributed by atoms with van der Waals surface area (Å²) in [5.41, 5.74) is 2.63. The van der Waals surface area contributed by atoms with Crippen molar-refractivity contribution in [3.05, 3.63) is 35.4 Å². The number of benzene rings is 1. The van der Waals surface area contributed by atoms with Crippen molar-refractivity contribution in [3.8, 4) is 0 Å². The Labute approximate surface area is 116 Å². The fourth-order valence-electron chi connectivity index (χ4n) is 1.81. The topological polar surface area (TPSA) is 38.3 Å². The molecule has 19 heavy (non-hydrogen) atoms. The molecule has 0 aliphatic rings. The van der Waals surface area contributed by atoms with Crippen LogP contribution in [0.2, 0.25) is 0 Å². The Morgan fingerprint density at radius 2 is 2.05 bits per heavy atom. The summed E-state index contributed by atoms with van der Waals surface area (Å²) in [5.74, 6) is -0.0687. The van der Waals surface area contributed by atoms with Gasteiger partial charge in [0.25, 0.3) is 0 Å². The van der Waals surface area contributed by atoms with Gasteiger partial charge in [0.2, 0.25) is 0 Å². The maximum atomic E-state index is 11.3. The molecule has 3 heteroatoms. The number of carbonyl (C=O) groups excluding carboxylic acids is 1. The first kappa shape index (κ1) is 15.7. The molecule has 0 unspecified atom stereocenters. The van der Waals surface area contributed by atoms with E-state index in [1.807, 2.05) is 0 Å². The van der Waals surface area contributed by atoms with Gasteiger partial charge in [-0.1, -0.05) is 37.6 Å². The van der Waals surface area contributed by atoms with Crippen molar-refractivity contribution in [2.45, 2.75) is 46.1 Å². The quantitative estimate of drug-likeness (QED) is 0.549. The molecule has 0 aromatic heterocycles. The molecule has 0 fully saturated rings. The molecule has 1 rings (SSSR count). The molecule has 0 spiro atoms. The Morgan fingerprint density at radius 3 is 2.79 bits per heavy atom. The van der Waals surface area contributed by atoms with Crippen LogP contribution in [-0.4, -0.2) is 19.1 Å². The van der Waals surface area contributed by atoms with E-state index in [0.29, 0.717) is 13.0 Å². The highest BCUT2D eigenvalue weighted by molar-refractivity contribution is 5.69. The SMILES string of the molecule is CCCCC(=O)OCCCNCc1ccccc1C. The number of aryl methyl sites for hydroxylation is 1. The summed E-state index contributed by atoms with van der Waals surface area (Å²) in [6, 6.07) is 8.35. The van der Waals surface area contributed by atoms with E-state index in [4.69, 9.17) is 4.74 Å². The zero-order valence-corrected chi connectivity index (χ0v) is 12.1. The summed E-state index contributed by atoms with van der Waals surface area (Å²) in [5, 5.41) is 3.37. The molecule has 106 valence electrons. The number of hydrogen-bond acceptors (Lipinski definition) is 3. The van der Waals surface area contributed by atoms with Crippen molar-refractivity contribution >= 4 is 5.97 Å². The second-order valence-electron chi connectivity index (χ2n) is 4.78. The zero-order valence-electron chi connectivity index (χ0n) is 12.1. The maximum absolute atomic E-state index is 11.3. The minimum absolute atomic E-state index is 0.0687. The van der Waals surface area contributed by atoms with Crippen LogP contribution in [0.4, 0.5) is 0 Å². The van der Waals surface area contributed by atoms with Crippen LogP contribution >= 0.6 is 0 Å². The Kier molecular flexibility index (Phi) is 7.91. The minimum Gasteiger partial charge on any atom is -0.466 e. The largest absolute Gasteiger partial charge is 0.466 e. The smallest absolute Gasteiger partial charge is 0.305 e. The Bertz CT molecular complexity index is 377. The van der Waals surface area contributed by atoms with Gasteiger partial charge in [-0.15, -0.1) is 0 Å². The normalized spacial score (nSPS) is 10.4. The number of esters is 1. The molecule has 0 aliphatic carbocycles. The van der Waals surface area contributed by atoms with Crippen LogP contribution in [0.5, 0.6) is 0 Å². The predicted octanol–water partition coefficient (Wildman–Crippen LogP) is 3.21. The lowest BCUT2D eigenvalue weighted by Gasteiger charge is -2.08. The molecule has 0 atom stereocenters. The van der Waals surface area contributed by atoms with E-state index in [0.717, 1.165) is 32.4 Å². The summed E-state index contributed by atoms with van der Waals surface area (Å²) < 4.78 is 5.14. The molecule has 0 bridgehead atoms. The lowest BCUT2D eigenvalue weighted by Crippen LogP contribution is -2.17. The molecule has 0 amide bonds. The Morgan fingerprint density at radius 1 is 1.26 bits per heavy atom. The van der Waals surface area contributed by atoms with Crippen LogP contribution in [-0.2, 0) is 16.1 Å². The molecule has 0 heterocycles. The third kappa shape index (κ3) is 6.97. The lowest BCUT2D eigenvalue weighted by molar-refractivity contribution is -0.143. The maximum Gasteiger partial charge on any atom is 0.305 e. The molecule has 1 N–H and O–H groups in total. The van der Waals surface area contributed by atoms with Crippen LogP contribution in [0.1, 0.15) is 43.7 Å². The van der Waals surface area contributed by atoms with Crippen LogP contribution in [0.25, 0.3) is 0 Å². The Balaban J connectivity index is 2.03. The standard InChI is InChI=1S/C16H25NO2/c1-3-4-10-16(18)19-12-7-11-17-13-15-9-6-5-8-14(15)2/h5-6,8-9,17H,3-4,7,10-13H2,1-2H3. The molecule has 0 saturated heterocycles. The van der Waals surface area contributed by atoms with E-state index in [1.165, 1.54) is 11.1 Å². The summed E-state index contributed by atoms with van der Waals surface area (Å²) in [6.45, 7) is 6.45. The van der Waals surface area contributed by atoms with Gasteiger partial charge in [-0.3, -0.25) is 4.79 Å². The predicted molar refractivity (Wildman–Crippen MR) is 78.0 cm³/mol. The van der Waals surface area contributed by atoms with Crippen LogP contribution < -0.4 is 5.32 Å². The molecule has 0 saturated carbocycles. The van der Waals surface area contributed by atoms with Gasteiger partial charge in [-0.05, 0) is 37.4 Å². The van der Waals surface area contributed by atoms with Crippen molar-refractivity contribution in [2.24, 2.45) is 0 Å². The lowest BCUT2D eigenvalue weighted by atomic mass is 10.1. The van der Waals surface area contributed by atoms with Crippen LogP contribution in [0.15, 0.2) is 24.3 Å². The highest BCUT2D eigenvalue weighted by Crippen LogP contribution is 2.05. The summed E-state index contributed by atoms with van der Waals surface area (Å²) in [7, 11) is 0. The number of rotatable bonds is 9. The second kappa shape index (κ2) is 9.56. The third-order valence-corrected chi connectivity index (χ3v) is 3.07. The molecular weight excluding hydrogens is 238 g/mol. The minimum atomic E-state index is -0.0687. The van der Waals surface area contributed by atoms with Crippen molar-refractivity contribution in [1.29, 1.82) is 0 Å². The second-order valence-corrected chi connectivity index (χ2v) is 4.78. The summed E-state index contributed by atoms with van der Waals surface area (Å²) >= 11 is 0. The highest BCUT2D eigenvalue weighted by atomic mass is 16.5. The van der Waals surface area contributed by atoms with Gasteiger partial charge >= 0.3 is 5.97 Å². The number of unbranched alkanes of at least 4 members (excludes halogenated alkanes) is 1. The monoisotopic (exact) mass is 263 g/mol. The fourth-order valence-corrected chi connectivity index (χ4v) is 1.81. The zero-order chi connectivity index (χ0) is 13.9. The Hall–Kier alpha value is -1.35. The van der Waals surface area contributed by atoms with Crippen molar-refractivity contribution in [3.63, 3.8) is 0 Å². The van der Waals surface area contributed by atoms with Gasteiger partial charge in [0.1, 0.15) is 0 Å². The van der Waals surface area contributed by atoms with E-state index < -0.39 is 0 Å². The summed E-state index contributed by atoms with van der Waals surface area (Å²) in [6.07, 6.45) is 3.37. The van der Waals surface area contributed by atoms with Gasteiger partial charge in [-0.2, -0.15) is 0 Å². The van der Waals surface area contributed by atoms with E-state index in [9.17, 15) is 4.79 Å². The first-order valence-corrected chi connectivity index (χ1v) is 7.15. The third-order valence-electron chi connectivity index (χ3n) is 3.07. The number of carbonyl (C=O) groups is 1. The van der Waals surface area contributed by atoms with Gasteiger partial charge in [0.15, 0.2) is 0 Å². The first-order valence-electron chi connectivity index (χ1n) is 7.15.